The van der Waals surface area contributed by atoms with Crippen molar-refractivity contribution in [3.63, 3.8) is 0 Å². The molecule has 0 unspecified atom stereocenters. The molecule has 1 aromatic heterocycles. The third kappa shape index (κ3) is 2.43. The standard InChI is InChI=1S/C12H14N2O2.ClH/c1-7-9(4-5-13)10-3-2-8(12(15)16)6-11(10)14-7;/h2-3,6,14H,4-5,13H2,1H3,(H,15,16);1H. The predicted octanol–water partition coefficient (Wildman–Crippen LogP) is 2.10. The summed E-state index contributed by atoms with van der Waals surface area (Å²) in [6.45, 7) is 2.57. The molecule has 17 heavy (non-hydrogen) atoms. The fourth-order valence-corrected chi connectivity index (χ4v) is 1.99. The van der Waals surface area contributed by atoms with Crippen LogP contribution < -0.4 is 5.73 Å². The number of nitrogens with one attached hydrogen (secondary N) is 1. The zero-order valence-electron chi connectivity index (χ0n) is 9.49. The molecule has 92 valence electrons. The van der Waals surface area contributed by atoms with Crippen molar-refractivity contribution in [2.75, 3.05) is 6.54 Å². The topological polar surface area (TPSA) is 79.1 Å². The predicted molar refractivity (Wildman–Crippen MR) is 70.0 cm³/mol. The number of carboxylic acids is 1. The Morgan fingerprint density at radius 3 is 2.76 bits per heavy atom. The summed E-state index contributed by atoms with van der Waals surface area (Å²) in [6.07, 6.45) is 0.804. The highest BCUT2D eigenvalue weighted by Crippen LogP contribution is 2.23. The van der Waals surface area contributed by atoms with E-state index in [1.165, 1.54) is 5.56 Å². The summed E-state index contributed by atoms with van der Waals surface area (Å²) in [4.78, 5) is 14.0. The molecule has 0 aliphatic heterocycles. The van der Waals surface area contributed by atoms with Gasteiger partial charge in [0.1, 0.15) is 0 Å². The third-order valence-electron chi connectivity index (χ3n) is 2.76. The van der Waals surface area contributed by atoms with Gasteiger partial charge in [-0.2, -0.15) is 0 Å². The van der Waals surface area contributed by atoms with Gasteiger partial charge in [-0.05, 0) is 37.6 Å². The molecule has 0 atom stereocenters. The SMILES string of the molecule is Cc1[nH]c2cc(C(=O)O)ccc2c1CCN.Cl. The summed E-state index contributed by atoms with van der Waals surface area (Å²) >= 11 is 0. The summed E-state index contributed by atoms with van der Waals surface area (Å²) in [7, 11) is 0. The first-order valence-electron chi connectivity index (χ1n) is 5.18. The average Bonchev–Trinajstić information content (AvgIpc) is 2.55. The summed E-state index contributed by atoms with van der Waals surface area (Å²) in [6, 6.07) is 5.12. The Morgan fingerprint density at radius 1 is 1.47 bits per heavy atom. The number of aromatic amines is 1. The van der Waals surface area contributed by atoms with E-state index in [1.54, 1.807) is 12.1 Å². The Morgan fingerprint density at radius 2 is 2.18 bits per heavy atom. The van der Waals surface area contributed by atoms with Crippen molar-refractivity contribution < 1.29 is 9.90 Å². The van der Waals surface area contributed by atoms with E-state index in [9.17, 15) is 4.79 Å². The molecule has 0 saturated carbocycles. The van der Waals surface area contributed by atoms with Gasteiger partial charge in [0.15, 0.2) is 0 Å². The van der Waals surface area contributed by atoms with Crippen molar-refractivity contribution in [2.45, 2.75) is 13.3 Å². The van der Waals surface area contributed by atoms with Gasteiger partial charge in [0.25, 0.3) is 0 Å². The number of halogens is 1. The lowest BCUT2D eigenvalue weighted by Gasteiger charge is -1.98. The highest BCUT2D eigenvalue weighted by molar-refractivity contribution is 5.94. The van der Waals surface area contributed by atoms with Gasteiger partial charge in [-0.3, -0.25) is 0 Å². The fraction of sp³-hybridized carbons (Fsp3) is 0.250. The van der Waals surface area contributed by atoms with E-state index in [-0.39, 0.29) is 12.4 Å². The van der Waals surface area contributed by atoms with Crippen molar-refractivity contribution in [1.29, 1.82) is 0 Å². The molecule has 0 aliphatic rings. The lowest BCUT2D eigenvalue weighted by molar-refractivity contribution is 0.0697. The average molecular weight is 255 g/mol. The van der Waals surface area contributed by atoms with E-state index in [0.717, 1.165) is 23.0 Å². The minimum absolute atomic E-state index is 0. The quantitative estimate of drug-likeness (QED) is 0.785. The number of aryl methyl sites for hydroxylation is 1. The van der Waals surface area contributed by atoms with E-state index in [0.29, 0.717) is 12.1 Å². The number of aromatic nitrogens is 1. The molecule has 4 N–H and O–H groups in total. The van der Waals surface area contributed by atoms with Crippen LogP contribution in [0.4, 0.5) is 0 Å². The number of aromatic carboxylic acids is 1. The monoisotopic (exact) mass is 254 g/mol. The van der Waals surface area contributed by atoms with Crippen molar-refractivity contribution in [1.82, 2.24) is 4.98 Å². The molecular formula is C12H15ClN2O2. The number of rotatable bonds is 3. The Kier molecular flexibility index (Phi) is 4.15. The van der Waals surface area contributed by atoms with Crippen LogP contribution in [0.15, 0.2) is 18.2 Å². The van der Waals surface area contributed by atoms with Crippen LogP contribution in [0.1, 0.15) is 21.6 Å². The number of H-pyrrole nitrogens is 1. The van der Waals surface area contributed by atoms with Gasteiger partial charge in [0.2, 0.25) is 0 Å². The molecule has 0 aliphatic carbocycles. The first-order chi connectivity index (χ1) is 7.63. The van der Waals surface area contributed by atoms with Gasteiger partial charge in [-0.15, -0.1) is 12.4 Å². The highest BCUT2D eigenvalue weighted by Gasteiger charge is 2.10. The van der Waals surface area contributed by atoms with E-state index >= 15 is 0 Å². The molecule has 5 heteroatoms. The minimum Gasteiger partial charge on any atom is -0.478 e. The van der Waals surface area contributed by atoms with Gasteiger partial charge in [-0.25, -0.2) is 4.79 Å². The Bertz CT molecular complexity index is 549. The number of hydrogen-bond donors (Lipinski definition) is 3. The van der Waals surface area contributed by atoms with Crippen LogP contribution in [0, 0.1) is 6.92 Å². The molecule has 0 saturated heterocycles. The minimum atomic E-state index is -0.908. The lowest BCUT2D eigenvalue weighted by Crippen LogP contribution is -2.03. The fourth-order valence-electron chi connectivity index (χ4n) is 1.99. The van der Waals surface area contributed by atoms with Crippen LogP contribution >= 0.6 is 12.4 Å². The molecule has 0 bridgehead atoms. The van der Waals surface area contributed by atoms with Crippen LogP contribution in [0.3, 0.4) is 0 Å². The zero-order valence-corrected chi connectivity index (χ0v) is 10.3. The molecule has 2 aromatic rings. The number of fused-ring (bicyclic) bond motifs is 1. The maximum atomic E-state index is 10.8. The number of benzene rings is 1. The van der Waals surface area contributed by atoms with Crippen molar-refractivity contribution in [3.8, 4) is 0 Å². The number of nitrogens with two attached hydrogens (primary N) is 1. The highest BCUT2D eigenvalue weighted by atomic mass is 35.5. The molecule has 2 rings (SSSR count). The van der Waals surface area contributed by atoms with Gasteiger partial charge in [0.05, 0.1) is 5.56 Å². The molecule has 0 fully saturated rings. The second-order valence-corrected chi connectivity index (χ2v) is 3.83. The van der Waals surface area contributed by atoms with Crippen LogP contribution in [-0.2, 0) is 6.42 Å². The van der Waals surface area contributed by atoms with Gasteiger partial charge in [-0.1, -0.05) is 6.07 Å². The Balaban J connectivity index is 0.00000144. The summed E-state index contributed by atoms with van der Waals surface area (Å²) in [5, 5.41) is 9.95. The zero-order chi connectivity index (χ0) is 11.7. The molecule has 0 amide bonds. The number of hydrogen-bond acceptors (Lipinski definition) is 2. The van der Waals surface area contributed by atoms with Gasteiger partial charge >= 0.3 is 5.97 Å². The van der Waals surface area contributed by atoms with E-state index in [4.69, 9.17) is 10.8 Å². The van der Waals surface area contributed by atoms with Crippen LogP contribution in [0.25, 0.3) is 10.9 Å². The maximum Gasteiger partial charge on any atom is 0.335 e. The molecule has 4 nitrogen and oxygen atoms in total. The summed E-state index contributed by atoms with van der Waals surface area (Å²) in [5.41, 5.74) is 8.94. The maximum absolute atomic E-state index is 10.8. The van der Waals surface area contributed by atoms with Crippen LogP contribution in [0.5, 0.6) is 0 Å². The number of carbonyl (C=O) groups is 1. The molecular weight excluding hydrogens is 240 g/mol. The van der Waals surface area contributed by atoms with Crippen LogP contribution in [-0.4, -0.2) is 22.6 Å². The summed E-state index contributed by atoms with van der Waals surface area (Å²) < 4.78 is 0. The second-order valence-electron chi connectivity index (χ2n) is 3.83. The largest absolute Gasteiger partial charge is 0.478 e. The van der Waals surface area contributed by atoms with Crippen molar-refractivity contribution in [2.24, 2.45) is 5.73 Å². The Hall–Kier alpha value is -1.52. The Labute approximate surface area is 105 Å². The first-order valence-corrected chi connectivity index (χ1v) is 5.18. The molecule has 0 spiro atoms. The van der Waals surface area contributed by atoms with E-state index < -0.39 is 5.97 Å². The normalized spacial score (nSPS) is 10.2. The van der Waals surface area contributed by atoms with Gasteiger partial charge < -0.3 is 15.8 Å². The van der Waals surface area contributed by atoms with E-state index in [1.807, 2.05) is 13.0 Å². The van der Waals surface area contributed by atoms with Crippen molar-refractivity contribution in [3.05, 3.63) is 35.0 Å². The molecule has 1 heterocycles. The third-order valence-corrected chi connectivity index (χ3v) is 2.76. The van der Waals surface area contributed by atoms with Crippen LogP contribution in [0.2, 0.25) is 0 Å². The first kappa shape index (κ1) is 13.5. The smallest absolute Gasteiger partial charge is 0.335 e. The van der Waals surface area contributed by atoms with Gasteiger partial charge in [0, 0.05) is 16.6 Å². The lowest BCUT2D eigenvalue weighted by atomic mass is 10.1. The van der Waals surface area contributed by atoms with Crippen molar-refractivity contribution >= 4 is 29.3 Å². The second kappa shape index (κ2) is 5.21. The number of carboxylic acid groups (broad SMARTS) is 1. The summed E-state index contributed by atoms with van der Waals surface area (Å²) in [5.74, 6) is -0.908. The molecule has 0 radical (unpaired) electrons. The van der Waals surface area contributed by atoms with E-state index in [2.05, 4.69) is 4.98 Å². The molecule has 1 aromatic carbocycles.